The van der Waals surface area contributed by atoms with Gasteiger partial charge in [-0.05, 0) is 18.4 Å². The highest BCUT2D eigenvalue weighted by molar-refractivity contribution is 5.78. The summed E-state index contributed by atoms with van der Waals surface area (Å²) in [5.41, 5.74) is 8.14. The van der Waals surface area contributed by atoms with Crippen LogP contribution in [0, 0.1) is 5.41 Å². The van der Waals surface area contributed by atoms with Crippen molar-refractivity contribution in [2.24, 2.45) is 5.41 Å². The van der Waals surface area contributed by atoms with Crippen LogP contribution in [0.25, 0.3) is 0 Å². The number of hydrogen-bond donors (Lipinski definition) is 0. The van der Waals surface area contributed by atoms with Crippen LogP contribution >= 0.6 is 0 Å². The predicted molar refractivity (Wildman–Crippen MR) is 65.4 cm³/mol. The quantitative estimate of drug-likeness (QED) is 0.731. The largest absolute Gasteiger partial charge is 0.465 e. The zero-order chi connectivity index (χ0) is 12.1. The lowest BCUT2D eigenvalue weighted by Gasteiger charge is -2.37. The first-order chi connectivity index (χ1) is 8.27. The van der Waals surface area contributed by atoms with Crippen LogP contribution in [-0.2, 0) is 16.0 Å². The highest BCUT2D eigenvalue weighted by Gasteiger charge is 2.44. The molecule has 1 saturated carbocycles. The second-order valence-corrected chi connectivity index (χ2v) is 4.68. The Balaban J connectivity index is 1.77. The van der Waals surface area contributed by atoms with E-state index in [1.165, 1.54) is 5.56 Å². The van der Waals surface area contributed by atoms with Crippen molar-refractivity contribution in [1.82, 2.24) is 5.73 Å². The normalized spacial score (nSPS) is 17.2. The summed E-state index contributed by atoms with van der Waals surface area (Å²) in [6.07, 6.45) is 3.44. The SMILES string of the molecule is [NH]CC1(C(=O)OCCc2ccccc2)CCC1. The third-order valence-corrected chi connectivity index (χ3v) is 3.55. The molecule has 3 heteroatoms. The lowest BCUT2D eigenvalue weighted by atomic mass is 9.69. The number of hydrogen-bond acceptors (Lipinski definition) is 2. The zero-order valence-corrected chi connectivity index (χ0v) is 9.95. The van der Waals surface area contributed by atoms with Crippen molar-refractivity contribution in [3.8, 4) is 0 Å². The standard InChI is InChI=1S/C14H18NO2/c15-11-14(8-4-9-14)13(16)17-10-7-12-5-2-1-3-6-12/h1-3,5-6,15H,4,7-11H2. The fourth-order valence-electron chi connectivity index (χ4n) is 2.12. The Hall–Kier alpha value is -1.35. The molecule has 0 aromatic heterocycles. The number of nitrogens with one attached hydrogen (secondary N) is 1. The molecule has 0 bridgehead atoms. The second-order valence-electron chi connectivity index (χ2n) is 4.68. The summed E-state index contributed by atoms with van der Waals surface area (Å²) < 4.78 is 5.29. The summed E-state index contributed by atoms with van der Waals surface area (Å²) in [5, 5.41) is 0. The van der Waals surface area contributed by atoms with Gasteiger partial charge in [-0.15, -0.1) is 0 Å². The maximum Gasteiger partial charge on any atom is 0.313 e. The fourth-order valence-corrected chi connectivity index (χ4v) is 2.12. The smallest absolute Gasteiger partial charge is 0.313 e. The summed E-state index contributed by atoms with van der Waals surface area (Å²) >= 11 is 0. The number of ether oxygens (including phenoxy) is 1. The van der Waals surface area contributed by atoms with Crippen LogP contribution in [0.5, 0.6) is 0 Å². The van der Waals surface area contributed by atoms with Crippen molar-refractivity contribution in [3.63, 3.8) is 0 Å². The molecule has 17 heavy (non-hydrogen) atoms. The minimum absolute atomic E-state index is 0.164. The summed E-state index contributed by atoms with van der Waals surface area (Å²) in [6, 6.07) is 9.98. The van der Waals surface area contributed by atoms with E-state index in [2.05, 4.69) is 0 Å². The average Bonchev–Trinajstić information content (AvgIpc) is 2.30. The van der Waals surface area contributed by atoms with Crippen LogP contribution < -0.4 is 5.73 Å². The summed E-state index contributed by atoms with van der Waals surface area (Å²) in [6.45, 7) is 0.585. The Morgan fingerprint density at radius 1 is 1.29 bits per heavy atom. The number of rotatable bonds is 5. The van der Waals surface area contributed by atoms with Gasteiger partial charge in [0.1, 0.15) is 0 Å². The topological polar surface area (TPSA) is 50.1 Å². The van der Waals surface area contributed by atoms with E-state index < -0.39 is 5.41 Å². The second kappa shape index (κ2) is 5.32. The minimum atomic E-state index is -0.476. The van der Waals surface area contributed by atoms with Crippen molar-refractivity contribution in [2.45, 2.75) is 25.7 Å². The molecule has 1 fully saturated rings. The highest BCUT2D eigenvalue weighted by atomic mass is 16.5. The van der Waals surface area contributed by atoms with Crippen molar-refractivity contribution < 1.29 is 9.53 Å². The molecule has 0 unspecified atom stereocenters. The molecule has 0 saturated heterocycles. The molecule has 0 aliphatic heterocycles. The number of carbonyl (C=O) groups excluding carboxylic acids is 1. The van der Waals surface area contributed by atoms with Gasteiger partial charge in [-0.1, -0.05) is 36.8 Å². The number of esters is 1. The van der Waals surface area contributed by atoms with E-state index in [4.69, 9.17) is 10.5 Å². The molecular weight excluding hydrogens is 214 g/mol. The monoisotopic (exact) mass is 232 g/mol. The third kappa shape index (κ3) is 2.67. The van der Waals surface area contributed by atoms with E-state index in [1.807, 2.05) is 30.3 Å². The maximum absolute atomic E-state index is 11.8. The molecule has 0 spiro atoms. The molecule has 1 N–H and O–H groups in total. The third-order valence-electron chi connectivity index (χ3n) is 3.55. The molecule has 1 aliphatic rings. The van der Waals surface area contributed by atoms with Crippen LogP contribution in [-0.4, -0.2) is 19.1 Å². The maximum atomic E-state index is 11.8. The van der Waals surface area contributed by atoms with Crippen LogP contribution in [0.2, 0.25) is 0 Å². The fraction of sp³-hybridized carbons (Fsp3) is 0.500. The van der Waals surface area contributed by atoms with E-state index in [0.717, 1.165) is 25.7 Å². The average molecular weight is 232 g/mol. The Bertz CT molecular complexity index is 366. The first-order valence-electron chi connectivity index (χ1n) is 6.13. The van der Waals surface area contributed by atoms with Crippen molar-refractivity contribution in [3.05, 3.63) is 35.9 Å². The molecule has 3 nitrogen and oxygen atoms in total. The van der Waals surface area contributed by atoms with Gasteiger partial charge in [0.15, 0.2) is 0 Å². The van der Waals surface area contributed by atoms with Gasteiger partial charge in [-0.2, -0.15) is 0 Å². The molecular formula is C14H18NO2. The molecule has 0 heterocycles. The van der Waals surface area contributed by atoms with Crippen LogP contribution in [0.1, 0.15) is 24.8 Å². The molecule has 2 rings (SSSR count). The van der Waals surface area contributed by atoms with E-state index in [0.29, 0.717) is 6.61 Å². The van der Waals surface area contributed by atoms with Gasteiger partial charge < -0.3 is 4.74 Å². The van der Waals surface area contributed by atoms with Crippen LogP contribution in [0.15, 0.2) is 30.3 Å². The van der Waals surface area contributed by atoms with Crippen molar-refractivity contribution in [2.75, 3.05) is 13.2 Å². The molecule has 91 valence electrons. The van der Waals surface area contributed by atoms with Crippen LogP contribution in [0.3, 0.4) is 0 Å². The van der Waals surface area contributed by atoms with E-state index in [1.54, 1.807) is 0 Å². The van der Waals surface area contributed by atoms with E-state index in [9.17, 15) is 4.79 Å². The van der Waals surface area contributed by atoms with Gasteiger partial charge in [-0.3, -0.25) is 10.5 Å². The van der Waals surface area contributed by atoms with E-state index in [-0.39, 0.29) is 12.5 Å². The predicted octanol–water partition coefficient (Wildman–Crippen LogP) is 2.23. The Morgan fingerprint density at radius 2 is 2.00 bits per heavy atom. The minimum Gasteiger partial charge on any atom is -0.465 e. The number of benzene rings is 1. The molecule has 1 aromatic rings. The van der Waals surface area contributed by atoms with Crippen molar-refractivity contribution in [1.29, 1.82) is 0 Å². The van der Waals surface area contributed by atoms with Crippen molar-refractivity contribution >= 4 is 5.97 Å². The lowest BCUT2D eigenvalue weighted by Crippen LogP contribution is -2.43. The lowest BCUT2D eigenvalue weighted by molar-refractivity contribution is -0.160. The van der Waals surface area contributed by atoms with Gasteiger partial charge in [0.2, 0.25) is 0 Å². The molecule has 1 aromatic carbocycles. The van der Waals surface area contributed by atoms with Gasteiger partial charge in [0, 0.05) is 13.0 Å². The zero-order valence-electron chi connectivity index (χ0n) is 9.95. The Kier molecular flexibility index (Phi) is 3.79. The molecule has 1 radical (unpaired) electrons. The molecule has 0 atom stereocenters. The van der Waals surface area contributed by atoms with Gasteiger partial charge in [-0.25, -0.2) is 0 Å². The summed E-state index contributed by atoms with van der Waals surface area (Å²) in [7, 11) is 0. The highest BCUT2D eigenvalue weighted by Crippen LogP contribution is 2.41. The summed E-state index contributed by atoms with van der Waals surface area (Å²) in [5.74, 6) is -0.172. The first kappa shape index (κ1) is 12.1. The number of carbonyl (C=O) groups is 1. The first-order valence-corrected chi connectivity index (χ1v) is 6.13. The summed E-state index contributed by atoms with van der Waals surface area (Å²) in [4.78, 5) is 11.8. The van der Waals surface area contributed by atoms with Gasteiger partial charge in [0.25, 0.3) is 0 Å². The van der Waals surface area contributed by atoms with Gasteiger partial charge in [0.05, 0.1) is 12.0 Å². The Labute approximate surface area is 102 Å². The van der Waals surface area contributed by atoms with E-state index >= 15 is 0 Å². The van der Waals surface area contributed by atoms with Gasteiger partial charge >= 0.3 is 5.97 Å². The molecule has 1 aliphatic carbocycles. The van der Waals surface area contributed by atoms with Crippen LogP contribution in [0.4, 0.5) is 0 Å². The molecule has 0 amide bonds. The Morgan fingerprint density at radius 3 is 2.53 bits per heavy atom.